The van der Waals surface area contributed by atoms with Gasteiger partial charge in [-0.3, -0.25) is 9.59 Å². The van der Waals surface area contributed by atoms with E-state index in [2.05, 4.69) is 10.6 Å². The van der Waals surface area contributed by atoms with Gasteiger partial charge in [0.25, 0.3) is 0 Å². The highest BCUT2D eigenvalue weighted by Crippen LogP contribution is 2.13. The molecule has 9 heteroatoms. The molecular formula is C27H35N3O6. The largest absolute Gasteiger partial charge is 0.464 e. The number of nitrogens with zero attached hydrogens (tertiary/aromatic N) is 1. The highest BCUT2D eigenvalue weighted by Gasteiger charge is 2.37. The molecule has 0 fully saturated rings. The van der Waals surface area contributed by atoms with Gasteiger partial charge < -0.3 is 25.0 Å². The fraction of sp³-hybridized carbons (Fsp3) is 0.407. The van der Waals surface area contributed by atoms with Crippen LogP contribution in [0.25, 0.3) is 0 Å². The summed E-state index contributed by atoms with van der Waals surface area (Å²) in [5.41, 5.74) is 0.261. The summed E-state index contributed by atoms with van der Waals surface area (Å²) in [6.07, 6.45) is -0.570. The number of benzene rings is 2. The van der Waals surface area contributed by atoms with E-state index < -0.39 is 41.5 Å². The van der Waals surface area contributed by atoms with Crippen LogP contribution in [0.2, 0.25) is 0 Å². The zero-order valence-corrected chi connectivity index (χ0v) is 21.4. The molecule has 194 valence electrons. The van der Waals surface area contributed by atoms with Gasteiger partial charge in [0.1, 0.15) is 24.2 Å². The lowest BCUT2D eigenvalue weighted by molar-refractivity contribution is -0.155. The number of amides is 3. The Labute approximate surface area is 212 Å². The van der Waals surface area contributed by atoms with E-state index in [1.54, 1.807) is 13.8 Å². The molecule has 0 saturated heterocycles. The van der Waals surface area contributed by atoms with E-state index in [1.165, 1.54) is 25.8 Å². The number of hydrogen-bond acceptors (Lipinski definition) is 6. The number of hydrogen-bond donors (Lipinski definition) is 2. The highest BCUT2D eigenvalue weighted by atomic mass is 16.5. The molecule has 0 aliphatic carbocycles. The summed E-state index contributed by atoms with van der Waals surface area (Å²) in [6, 6.07) is 16.5. The van der Waals surface area contributed by atoms with Crippen LogP contribution in [-0.2, 0) is 36.9 Å². The molecule has 0 spiro atoms. The van der Waals surface area contributed by atoms with Crippen molar-refractivity contribution in [3.05, 3.63) is 71.8 Å². The molecule has 0 heterocycles. The molecule has 2 rings (SSSR count). The van der Waals surface area contributed by atoms with Gasteiger partial charge in [0, 0.05) is 13.5 Å². The van der Waals surface area contributed by atoms with Crippen molar-refractivity contribution in [1.29, 1.82) is 0 Å². The Morgan fingerprint density at radius 3 is 2.03 bits per heavy atom. The van der Waals surface area contributed by atoms with E-state index in [-0.39, 0.29) is 19.6 Å². The van der Waals surface area contributed by atoms with Gasteiger partial charge in [-0.1, -0.05) is 60.7 Å². The maximum atomic E-state index is 13.3. The van der Waals surface area contributed by atoms with E-state index in [1.807, 2.05) is 60.7 Å². The molecule has 0 radical (unpaired) electrons. The van der Waals surface area contributed by atoms with Gasteiger partial charge in [-0.25, -0.2) is 9.59 Å². The monoisotopic (exact) mass is 497 g/mol. The smallest absolute Gasteiger partial charge is 0.408 e. The second kappa shape index (κ2) is 13.3. The molecule has 3 amide bonds. The Balaban J connectivity index is 2.11. The van der Waals surface area contributed by atoms with Gasteiger partial charge in [-0.05, 0) is 38.8 Å². The number of nitrogens with one attached hydrogen (secondary N) is 2. The Morgan fingerprint density at radius 2 is 1.47 bits per heavy atom. The lowest BCUT2D eigenvalue weighted by Gasteiger charge is -2.33. The second-order valence-electron chi connectivity index (χ2n) is 8.91. The summed E-state index contributed by atoms with van der Waals surface area (Å²) >= 11 is 0. The first-order valence-corrected chi connectivity index (χ1v) is 11.8. The highest BCUT2D eigenvalue weighted by molar-refractivity contribution is 5.95. The number of carbonyl (C=O) groups excluding carboxylic acids is 4. The van der Waals surface area contributed by atoms with E-state index in [9.17, 15) is 19.2 Å². The first kappa shape index (κ1) is 28.4. The molecule has 2 aromatic carbocycles. The van der Waals surface area contributed by atoms with Crippen LogP contribution in [0.1, 0.15) is 38.8 Å². The van der Waals surface area contributed by atoms with Crippen LogP contribution in [-0.4, -0.2) is 60.1 Å². The van der Waals surface area contributed by atoms with Crippen molar-refractivity contribution < 1.29 is 28.7 Å². The SMILES string of the molecule is CCOC(=O)[C@H](C)N(C)C(=O)C(C)(C)NC(=O)[C@H](Cc1ccccc1)NC(=O)OCc1ccccc1. The molecule has 0 aliphatic heterocycles. The number of alkyl carbamates (subject to hydrolysis) is 1. The third-order valence-corrected chi connectivity index (χ3v) is 5.60. The number of esters is 1. The average Bonchev–Trinajstić information content (AvgIpc) is 2.86. The molecule has 36 heavy (non-hydrogen) atoms. The molecular weight excluding hydrogens is 462 g/mol. The molecule has 9 nitrogen and oxygen atoms in total. The lowest BCUT2D eigenvalue weighted by Crippen LogP contribution is -2.61. The quantitative estimate of drug-likeness (QED) is 0.462. The Kier molecular flexibility index (Phi) is 10.5. The maximum absolute atomic E-state index is 13.3. The third kappa shape index (κ3) is 8.41. The topological polar surface area (TPSA) is 114 Å². The summed E-state index contributed by atoms with van der Waals surface area (Å²) in [6.45, 7) is 6.55. The molecule has 2 N–H and O–H groups in total. The zero-order valence-electron chi connectivity index (χ0n) is 21.4. The van der Waals surface area contributed by atoms with Gasteiger partial charge in [-0.2, -0.15) is 0 Å². The second-order valence-corrected chi connectivity index (χ2v) is 8.91. The Morgan fingerprint density at radius 1 is 0.917 bits per heavy atom. The van der Waals surface area contributed by atoms with Crippen molar-refractivity contribution in [3.8, 4) is 0 Å². The van der Waals surface area contributed by atoms with Crippen LogP contribution in [0.5, 0.6) is 0 Å². The van der Waals surface area contributed by atoms with Crippen molar-refractivity contribution >= 4 is 23.9 Å². The number of rotatable bonds is 11. The van der Waals surface area contributed by atoms with Gasteiger partial charge in [0.05, 0.1) is 6.61 Å². The minimum absolute atomic E-state index is 0.0485. The zero-order chi connectivity index (χ0) is 26.7. The van der Waals surface area contributed by atoms with Gasteiger partial charge in [0.15, 0.2) is 0 Å². The fourth-order valence-electron chi connectivity index (χ4n) is 3.45. The predicted octanol–water partition coefficient (Wildman–Crippen LogP) is 2.83. The third-order valence-electron chi connectivity index (χ3n) is 5.60. The van der Waals surface area contributed by atoms with Crippen molar-refractivity contribution in [2.24, 2.45) is 0 Å². The lowest BCUT2D eigenvalue weighted by atomic mass is 10.00. The standard InChI is InChI=1S/C27H35N3O6/c1-6-35-24(32)19(2)30(5)25(33)27(3,4)29-23(31)22(17-20-13-9-7-10-14-20)28-26(34)36-18-21-15-11-8-12-16-21/h7-16,19,22H,6,17-18H2,1-5H3,(H,28,34)(H,29,31)/t19-,22-/m0/s1. The van der Waals surface area contributed by atoms with Gasteiger partial charge in [0.2, 0.25) is 11.8 Å². The predicted molar refractivity (Wildman–Crippen MR) is 135 cm³/mol. The first-order valence-electron chi connectivity index (χ1n) is 11.8. The fourth-order valence-corrected chi connectivity index (χ4v) is 3.45. The first-order chi connectivity index (χ1) is 17.0. The van der Waals surface area contributed by atoms with Gasteiger partial charge in [-0.15, -0.1) is 0 Å². The van der Waals surface area contributed by atoms with Crippen LogP contribution in [0, 0.1) is 0 Å². The molecule has 0 unspecified atom stereocenters. The normalized spacial score (nSPS) is 12.6. The summed E-state index contributed by atoms with van der Waals surface area (Å²) in [7, 11) is 1.47. The van der Waals surface area contributed by atoms with Crippen molar-refractivity contribution in [1.82, 2.24) is 15.5 Å². The van der Waals surface area contributed by atoms with E-state index >= 15 is 0 Å². The summed E-state index contributed by atoms with van der Waals surface area (Å²) < 4.78 is 10.3. The molecule has 0 aromatic heterocycles. The van der Waals surface area contributed by atoms with Crippen LogP contribution in [0.3, 0.4) is 0 Å². The van der Waals surface area contributed by atoms with Gasteiger partial charge >= 0.3 is 12.1 Å². The van der Waals surface area contributed by atoms with E-state index in [0.717, 1.165) is 11.1 Å². The molecule has 2 aromatic rings. The maximum Gasteiger partial charge on any atom is 0.408 e. The number of carbonyl (C=O) groups is 4. The van der Waals surface area contributed by atoms with E-state index in [4.69, 9.17) is 9.47 Å². The molecule has 0 aliphatic rings. The number of likely N-dealkylation sites (N-methyl/N-ethyl adjacent to an activating group) is 1. The van der Waals surface area contributed by atoms with Crippen molar-refractivity contribution in [2.75, 3.05) is 13.7 Å². The summed E-state index contributed by atoms with van der Waals surface area (Å²) in [5.74, 6) is -1.59. The van der Waals surface area contributed by atoms with E-state index in [0.29, 0.717) is 0 Å². The minimum atomic E-state index is -1.36. The van der Waals surface area contributed by atoms with Crippen LogP contribution >= 0.6 is 0 Å². The van der Waals surface area contributed by atoms with Crippen LogP contribution in [0.4, 0.5) is 4.79 Å². The molecule has 2 atom stereocenters. The molecule has 0 bridgehead atoms. The summed E-state index contributed by atoms with van der Waals surface area (Å²) in [5, 5.41) is 5.32. The number of ether oxygens (including phenoxy) is 2. The Bertz CT molecular complexity index is 1030. The Hall–Kier alpha value is -3.88. The average molecular weight is 498 g/mol. The van der Waals surface area contributed by atoms with Crippen LogP contribution < -0.4 is 10.6 Å². The summed E-state index contributed by atoms with van der Waals surface area (Å²) in [4.78, 5) is 52.2. The van der Waals surface area contributed by atoms with Crippen molar-refractivity contribution in [3.63, 3.8) is 0 Å². The minimum Gasteiger partial charge on any atom is -0.464 e. The molecule has 0 saturated carbocycles. The van der Waals surface area contributed by atoms with Crippen LogP contribution in [0.15, 0.2) is 60.7 Å². The van der Waals surface area contributed by atoms with Crippen molar-refractivity contribution in [2.45, 2.75) is 58.3 Å².